The first-order valence-electron chi connectivity index (χ1n) is 8.95. The third-order valence-corrected chi connectivity index (χ3v) is 5.63. The van der Waals surface area contributed by atoms with Crippen LogP contribution in [0.1, 0.15) is 18.4 Å². The highest BCUT2D eigenvalue weighted by molar-refractivity contribution is 8.26. The summed E-state index contributed by atoms with van der Waals surface area (Å²) in [5.74, 6) is 0.478. The Morgan fingerprint density at radius 1 is 1.24 bits per heavy atom. The molecule has 0 unspecified atom stereocenters. The van der Waals surface area contributed by atoms with Crippen LogP contribution < -0.4 is 10.1 Å². The number of phenols is 1. The van der Waals surface area contributed by atoms with Crippen molar-refractivity contribution < 1.29 is 19.4 Å². The maximum absolute atomic E-state index is 12.6. The summed E-state index contributed by atoms with van der Waals surface area (Å²) < 4.78 is 5.54. The van der Waals surface area contributed by atoms with Crippen molar-refractivity contribution in [3.8, 4) is 11.5 Å². The first-order valence-corrected chi connectivity index (χ1v) is 10.2. The monoisotopic (exact) mass is 428 g/mol. The van der Waals surface area contributed by atoms with Crippen LogP contribution in [0.25, 0.3) is 6.08 Å². The topological polar surface area (TPSA) is 78.9 Å². The molecule has 0 radical (unpaired) electrons. The second-order valence-electron chi connectivity index (χ2n) is 6.27. The molecule has 2 N–H and O–H groups in total. The lowest BCUT2D eigenvalue weighted by atomic mass is 10.2. The number of amides is 2. The zero-order chi connectivity index (χ0) is 20.8. The number of hydrogen-bond donors (Lipinski definition) is 2. The number of thioether (sulfide) groups is 1. The molecule has 2 aromatic carbocycles. The summed E-state index contributed by atoms with van der Waals surface area (Å²) in [5.41, 5.74) is 1.25. The first-order chi connectivity index (χ1) is 14.0. The highest BCUT2D eigenvalue weighted by Gasteiger charge is 2.31. The minimum atomic E-state index is -0.209. The number of benzene rings is 2. The van der Waals surface area contributed by atoms with Crippen molar-refractivity contribution in [3.05, 3.63) is 59.0 Å². The van der Waals surface area contributed by atoms with Crippen LogP contribution in [0, 0.1) is 0 Å². The molecule has 1 fully saturated rings. The summed E-state index contributed by atoms with van der Waals surface area (Å²) in [6.07, 6.45) is 2.38. The largest absolute Gasteiger partial charge is 0.507 e. The number of anilines is 1. The van der Waals surface area contributed by atoms with Gasteiger partial charge in [0, 0.05) is 24.2 Å². The van der Waals surface area contributed by atoms with Crippen molar-refractivity contribution in [3.63, 3.8) is 0 Å². The smallest absolute Gasteiger partial charge is 0.266 e. The lowest BCUT2D eigenvalue weighted by Gasteiger charge is -2.14. The molecular formula is C21H20N2O4S2. The van der Waals surface area contributed by atoms with Gasteiger partial charge in [0.15, 0.2) is 0 Å². The maximum atomic E-state index is 12.6. The van der Waals surface area contributed by atoms with E-state index >= 15 is 0 Å². The summed E-state index contributed by atoms with van der Waals surface area (Å²) in [4.78, 5) is 26.7. The van der Waals surface area contributed by atoms with Crippen molar-refractivity contribution in [1.82, 2.24) is 4.90 Å². The molecule has 1 saturated heterocycles. The van der Waals surface area contributed by atoms with Gasteiger partial charge >= 0.3 is 0 Å². The summed E-state index contributed by atoms with van der Waals surface area (Å²) >= 11 is 6.50. The number of para-hydroxylation sites is 1. The number of methoxy groups -OCH3 is 1. The van der Waals surface area contributed by atoms with Gasteiger partial charge in [0.1, 0.15) is 15.8 Å². The molecule has 0 spiro atoms. The van der Waals surface area contributed by atoms with Gasteiger partial charge in [-0.2, -0.15) is 0 Å². The number of hydrogen-bond acceptors (Lipinski definition) is 6. The fourth-order valence-corrected chi connectivity index (χ4v) is 4.04. The van der Waals surface area contributed by atoms with Crippen LogP contribution >= 0.6 is 24.0 Å². The number of rotatable bonds is 7. The van der Waals surface area contributed by atoms with Gasteiger partial charge in [-0.1, -0.05) is 42.2 Å². The Bertz CT molecular complexity index is 957. The van der Waals surface area contributed by atoms with Crippen molar-refractivity contribution in [2.45, 2.75) is 12.8 Å². The third kappa shape index (κ3) is 5.36. The van der Waals surface area contributed by atoms with E-state index in [4.69, 9.17) is 17.0 Å². The Morgan fingerprint density at radius 2 is 1.97 bits per heavy atom. The van der Waals surface area contributed by atoms with Crippen molar-refractivity contribution >= 4 is 51.9 Å². The number of carbonyl (C=O) groups excluding carboxylic acids is 2. The molecule has 0 saturated carbocycles. The molecule has 2 amide bonds. The van der Waals surface area contributed by atoms with Gasteiger partial charge in [-0.3, -0.25) is 14.5 Å². The normalized spacial score (nSPS) is 15.1. The van der Waals surface area contributed by atoms with Crippen LogP contribution in [0.15, 0.2) is 53.4 Å². The van der Waals surface area contributed by atoms with E-state index in [2.05, 4.69) is 5.32 Å². The van der Waals surface area contributed by atoms with Crippen LogP contribution in [-0.4, -0.2) is 39.8 Å². The minimum absolute atomic E-state index is 0.105. The molecule has 2 aromatic rings. The second-order valence-corrected chi connectivity index (χ2v) is 7.95. The minimum Gasteiger partial charge on any atom is -0.507 e. The highest BCUT2D eigenvalue weighted by atomic mass is 32.2. The number of thiocarbonyl (C=S) groups is 1. The number of nitrogens with zero attached hydrogens (tertiary/aromatic N) is 1. The molecule has 1 aliphatic heterocycles. The molecular weight excluding hydrogens is 408 g/mol. The van der Waals surface area contributed by atoms with E-state index in [1.54, 1.807) is 61.7 Å². The Balaban J connectivity index is 1.52. The first kappa shape index (κ1) is 20.9. The van der Waals surface area contributed by atoms with Crippen LogP contribution in [0.3, 0.4) is 0 Å². The summed E-state index contributed by atoms with van der Waals surface area (Å²) in [6, 6.07) is 13.9. The molecule has 150 valence electrons. The maximum Gasteiger partial charge on any atom is 0.266 e. The number of aromatic hydroxyl groups is 1. The van der Waals surface area contributed by atoms with Crippen molar-refractivity contribution in [2.75, 3.05) is 19.0 Å². The van der Waals surface area contributed by atoms with Gasteiger partial charge in [-0.15, -0.1) is 0 Å². The number of phenolic OH excluding ortho intramolecular Hbond substituents is 1. The molecule has 0 aromatic heterocycles. The second kappa shape index (κ2) is 9.58. The quantitative estimate of drug-likeness (QED) is 0.512. The van der Waals surface area contributed by atoms with Crippen LogP contribution in [0.5, 0.6) is 11.5 Å². The SMILES string of the molecule is COc1ccc(NC(=O)CCCN2C(=O)/C(=C/c3ccccc3O)SC2=S)cc1. The molecule has 3 rings (SSSR count). The van der Waals surface area contributed by atoms with Crippen molar-refractivity contribution in [2.24, 2.45) is 0 Å². The third-order valence-electron chi connectivity index (χ3n) is 4.26. The van der Waals surface area contributed by atoms with E-state index in [0.717, 1.165) is 0 Å². The van der Waals surface area contributed by atoms with E-state index in [-0.39, 0.29) is 24.0 Å². The average molecular weight is 429 g/mol. The lowest BCUT2D eigenvalue weighted by Crippen LogP contribution is -2.29. The molecule has 1 aliphatic rings. The van der Waals surface area contributed by atoms with Crippen LogP contribution in [0.2, 0.25) is 0 Å². The summed E-state index contributed by atoms with van der Waals surface area (Å²) in [6.45, 7) is 0.360. The van der Waals surface area contributed by atoms with Gasteiger partial charge < -0.3 is 15.2 Å². The van der Waals surface area contributed by atoms with E-state index < -0.39 is 0 Å². The fraction of sp³-hybridized carbons (Fsp3) is 0.190. The molecule has 1 heterocycles. The van der Waals surface area contributed by atoms with Crippen molar-refractivity contribution in [1.29, 1.82) is 0 Å². The van der Waals surface area contributed by atoms with E-state index in [1.807, 2.05) is 0 Å². The molecule has 8 heteroatoms. The number of nitrogens with one attached hydrogen (secondary N) is 1. The van der Waals surface area contributed by atoms with Crippen LogP contribution in [0.4, 0.5) is 5.69 Å². The van der Waals surface area contributed by atoms with Gasteiger partial charge in [0.2, 0.25) is 5.91 Å². The zero-order valence-electron chi connectivity index (χ0n) is 15.8. The number of ether oxygens (including phenoxy) is 1. The molecule has 0 aliphatic carbocycles. The predicted molar refractivity (Wildman–Crippen MR) is 119 cm³/mol. The van der Waals surface area contributed by atoms with E-state index in [0.29, 0.717) is 39.2 Å². The highest BCUT2D eigenvalue weighted by Crippen LogP contribution is 2.34. The number of carbonyl (C=O) groups is 2. The Morgan fingerprint density at radius 3 is 2.66 bits per heavy atom. The molecule has 29 heavy (non-hydrogen) atoms. The standard InChI is InChI=1S/C21H20N2O4S2/c1-27-16-10-8-15(9-11-16)22-19(25)7-4-12-23-20(26)18(29-21(23)28)13-14-5-2-3-6-17(14)24/h2-3,5-6,8-11,13,24H,4,7,12H2,1H3,(H,22,25)/b18-13-. The lowest BCUT2D eigenvalue weighted by molar-refractivity contribution is -0.122. The van der Waals surface area contributed by atoms with E-state index in [9.17, 15) is 14.7 Å². The predicted octanol–water partition coefficient (Wildman–Crippen LogP) is 4.02. The molecule has 0 bridgehead atoms. The Labute approximate surface area is 178 Å². The Kier molecular flexibility index (Phi) is 6.90. The average Bonchev–Trinajstić information content (AvgIpc) is 2.97. The van der Waals surface area contributed by atoms with Gasteiger partial charge in [-0.05, 0) is 42.8 Å². The van der Waals surface area contributed by atoms with E-state index in [1.165, 1.54) is 16.7 Å². The van der Waals surface area contributed by atoms with Gasteiger partial charge in [0.05, 0.1) is 12.0 Å². The van der Waals surface area contributed by atoms with Gasteiger partial charge in [-0.25, -0.2) is 0 Å². The Hall–Kier alpha value is -2.84. The summed E-state index contributed by atoms with van der Waals surface area (Å²) in [7, 11) is 1.58. The van der Waals surface area contributed by atoms with Gasteiger partial charge in [0.25, 0.3) is 5.91 Å². The van der Waals surface area contributed by atoms with Crippen LogP contribution in [-0.2, 0) is 9.59 Å². The zero-order valence-corrected chi connectivity index (χ0v) is 17.4. The summed E-state index contributed by atoms with van der Waals surface area (Å²) in [5, 5.41) is 12.7. The molecule has 0 atom stereocenters. The fourth-order valence-electron chi connectivity index (χ4n) is 2.74. The molecule has 6 nitrogen and oxygen atoms in total.